The maximum absolute atomic E-state index is 13.5. The van der Waals surface area contributed by atoms with Gasteiger partial charge in [0.1, 0.15) is 12.4 Å². The first kappa shape index (κ1) is 14.8. The van der Waals surface area contributed by atoms with Crippen LogP contribution in [0.5, 0.6) is 0 Å². The van der Waals surface area contributed by atoms with E-state index in [9.17, 15) is 9.18 Å². The molecule has 1 amide bonds. The topological polar surface area (TPSA) is 49.3 Å². The molecule has 21 heavy (non-hydrogen) atoms. The Balaban J connectivity index is 2.24. The van der Waals surface area contributed by atoms with Crippen molar-refractivity contribution in [2.45, 2.75) is 6.92 Å². The molecule has 0 unspecified atom stereocenters. The largest absolute Gasteiger partial charge is 0.384 e. The molecule has 0 saturated carbocycles. The summed E-state index contributed by atoms with van der Waals surface area (Å²) in [4.78, 5) is 12.2. The molecule has 2 rings (SSSR count). The Morgan fingerprint density at radius 2 is 2.05 bits per heavy atom. The lowest BCUT2D eigenvalue weighted by Gasteiger charge is -2.08. The third kappa shape index (κ3) is 3.68. The van der Waals surface area contributed by atoms with Crippen LogP contribution in [-0.2, 0) is 0 Å². The quantitative estimate of drug-likeness (QED) is 0.833. The molecular formula is C17H14FNO2. The van der Waals surface area contributed by atoms with Crippen LogP contribution < -0.4 is 5.32 Å². The summed E-state index contributed by atoms with van der Waals surface area (Å²) in [5, 5.41) is 11.4. The molecule has 0 spiro atoms. The minimum atomic E-state index is -0.496. The maximum atomic E-state index is 13.5. The summed E-state index contributed by atoms with van der Waals surface area (Å²) in [6.45, 7) is 1.50. The van der Waals surface area contributed by atoms with Gasteiger partial charge in [-0.05, 0) is 36.8 Å². The van der Waals surface area contributed by atoms with E-state index in [0.717, 1.165) is 5.56 Å². The number of benzene rings is 2. The zero-order chi connectivity index (χ0) is 15.2. The standard InChI is InChI=1S/C17H14FNO2/c1-12-5-2-3-7-15(12)17(21)19-14-8-9-16(18)13(11-14)6-4-10-20/h2-3,5,7-9,11,20H,10H2,1H3,(H,19,21). The first-order valence-electron chi connectivity index (χ1n) is 6.38. The number of aliphatic hydroxyl groups excluding tert-OH is 1. The smallest absolute Gasteiger partial charge is 0.255 e. The van der Waals surface area contributed by atoms with E-state index >= 15 is 0 Å². The van der Waals surface area contributed by atoms with E-state index in [1.54, 1.807) is 12.1 Å². The van der Waals surface area contributed by atoms with Gasteiger partial charge in [-0.2, -0.15) is 0 Å². The highest BCUT2D eigenvalue weighted by molar-refractivity contribution is 6.05. The summed E-state index contributed by atoms with van der Waals surface area (Å²) in [6.07, 6.45) is 0. The van der Waals surface area contributed by atoms with Gasteiger partial charge in [-0.15, -0.1) is 0 Å². The number of nitrogens with one attached hydrogen (secondary N) is 1. The minimum Gasteiger partial charge on any atom is -0.384 e. The number of hydrogen-bond donors (Lipinski definition) is 2. The van der Waals surface area contributed by atoms with Crippen molar-refractivity contribution >= 4 is 11.6 Å². The Morgan fingerprint density at radius 1 is 1.29 bits per heavy atom. The molecular weight excluding hydrogens is 269 g/mol. The van der Waals surface area contributed by atoms with Crippen LogP contribution in [0.4, 0.5) is 10.1 Å². The van der Waals surface area contributed by atoms with Crippen molar-refractivity contribution in [1.29, 1.82) is 0 Å². The second kappa shape index (κ2) is 6.69. The number of carbonyl (C=O) groups excluding carboxylic acids is 1. The van der Waals surface area contributed by atoms with Gasteiger partial charge in [-0.1, -0.05) is 30.0 Å². The lowest BCUT2D eigenvalue weighted by atomic mass is 10.1. The predicted molar refractivity (Wildman–Crippen MR) is 79.5 cm³/mol. The molecule has 0 aliphatic carbocycles. The van der Waals surface area contributed by atoms with E-state index in [0.29, 0.717) is 11.3 Å². The molecule has 0 radical (unpaired) electrons. The molecule has 2 N–H and O–H groups in total. The number of amides is 1. The molecule has 2 aromatic rings. The predicted octanol–water partition coefficient (Wildman–Crippen LogP) is 2.73. The van der Waals surface area contributed by atoms with Crippen molar-refractivity contribution in [2.75, 3.05) is 11.9 Å². The highest BCUT2D eigenvalue weighted by Gasteiger charge is 2.09. The Morgan fingerprint density at radius 3 is 2.76 bits per heavy atom. The first-order chi connectivity index (χ1) is 10.1. The van der Waals surface area contributed by atoms with Gasteiger partial charge in [0.2, 0.25) is 0 Å². The van der Waals surface area contributed by atoms with Crippen molar-refractivity contribution in [2.24, 2.45) is 0 Å². The van der Waals surface area contributed by atoms with E-state index in [4.69, 9.17) is 5.11 Å². The molecule has 0 saturated heterocycles. The molecule has 0 aliphatic heterocycles. The monoisotopic (exact) mass is 283 g/mol. The average molecular weight is 283 g/mol. The number of anilines is 1. The lowest BCUT2D eigenvalue weighted by molar-refractivity contribution is 0.102. The van der Waals surface area contributed by atoms with Gasteiger partial charge in [-0.3, -0.25) is 4.79 Å². The van der Waals surface area contributed by atoms with Crippen LogP contribution in [0.2, 0.25) is 0 Å². The SMILES string of the molecule is Cc1ccccc1C(=O)Nc1ccc(F)c(C#CCO)c1. The van der Waals surface area contributed by atoms with Crippen LogP contribution in [0.15, 0.2) is 42.5 Å². The van der Waals surface area contributed by atoms with Gasteiger partial charge in [0.05, 0.1) is 5.56 Å². The fraction of sp³-hybridized carbons (Fsp3) is 0.118. The van der Waals surface area contributed by atoms with Gasteiger partial charge >= 0.3 is 0 Å². The van der Waals surface area contributed by atoms with E-state index < -0.39 is 5.82 Å². The van der Waals surface area contributed by atoms with Gasteiger partial charge in [-0.25, -0.2) is 4.39 Å². The van der Waals surface area contributed by atoms with Crippen LogP contribution in [0.1, 0.15) is 21.5 Å². The minimum absolute atomic E-state index is 0.131. The van der Waals surface area contributed by atoms with Gasteiger partial charge in [0.25, 0.3) is 5.91 Å². The van der Waals surface area contributed by atoms with Crippen LogP contribution in [0, 0.1) is 24.6 Å². The zero-order valence-corrected chi connectivity index (χ0v) is 11.5. The summed E-state index contributed by atoms with van der Waals surface area (Å²) in [6, 6.07) is 11.3. The second-order valence-corrected chi connectivity index (χ2v) is 4.42. The van der Waals surface area contributed by atoms with Crippen LogP contribution in [-0.4, -0.2) is 17.6 Å². The van der Waals surface area contributed by atoms with E-state index in [-0.39, 0.29) is 18.1 Å². The fourth-order valence-corrected chi connectivity index (χ4v) is 1.86. The van der Waals surface area contributed by atoms with Crippen LogP contribution in [0.3, 0.4) is 0 Å². The lowest BCUT2D eigenvalue weighted by Crippen LogP contribution is -2.13. The van der Waals surface area contributed by atoms with Crippen LogP contribution in [0.25, 0.3) is 0 Å². The van der Waals surface area contributed by atoms with Gasteiger partial charge in [0, 0.05) is 11.3 Å². The van der Waals surface area contributed by atoms with Crippen molar-refractivity contribution < 1.29 is 14.3 Å². The third-order valence-corrected chi connectivity index (χ3v) is 2.92. The van der Waals surface area contributed by atoms with Crippen molar-refractivity contribution in [3.05, 3.63) is 65.0 Å². The molecule has 0 fully saturated rings. The molecule has 2 aromatic carbocycles. The fourth-order valence-electron chi connectivity index (χ4n) is 1.86. The highest BCUT2D eigenvalue weighted by Crippen LogP contribution is 2.16. The molecule has 0 aliphatic rings. The van der Waals surface area contributed by atoms with Gasteiger partial charge < -0.3 is 10.4 Å². The number of carbonyl (C=O) groups is 1. The van der Waals surface area contributed by atoms with Crippen molar-refractivity contribution in [3.63, 3.8) is 0 Å². The summed E-state index contributed by atoms with van der Waals surface area (Å²) >= 11 is 0. The first-order valence-corrected chi connectivity index (χ1v) is 6.38. The number of halogens is 1. The molecule has 0 heterocycles. The summed E-state index contributed by atoms with van der Waals surface area (Å²) in [5.41, 5.74) is 2.00. The Kier molecular flexibility index (Phi) is 4.70. The molecule has 3 nitrogen and oxygen atoms in total. The highest BCUT2D eigenvalue weighted by atomic mass is 19.1. The number of aliphatic hydroxyl groups is 1. The number of aryl methyl sites for hydroxylation is 1. The van der Waals surface area contributed by atoms with Crippen molar-refractivity contribution in [3.8, 4) is 11.8 Å². The van der Waals surface area contributed by atoms with Crippen LogP contribution >= 0.6 is 0 Å². The van der Waals surface area contributed by atoms with Gasteiger partial charge in [0.15, 0.2) is 0 Å². The molecule has 4 heteroatoms. The summed E-state index contributed by atoms with van der Waals surface area (Å²) < 4.78 is 13.5. The van der Waals surface area contributed by atoms with E-state index in [1.807, 2.05) is 19.1 Å². The molecule has 0 aromatic heterocycles. The summed E-state index contributed by atoms with van der Waals surface area (Å²) in [7, 11) is 0. The summed E-state index contributed by atoms with van der Waals surface area (Å²) in [5.74, 6) is 4.12. The number of rotatable bonds is 2. The normalized spacial score (nSPS) is 9.67. The Labute approximate surface area is 122 Å². The second-order valence-electron chi connectivity index (χ2n) is 4.42. The van der Waals surface area contributed by atoms with E-state index in [2.05, 4.69) is 17.2 Å². The molecule has 0 bridgehead atoms. The molecule has 0 atom stereocenters. The average Bonchev–Trinajstić information content (AvgIpc) is 2.48. The number of hydrogen-bond acceptors (Lipinski definition) is 2. The van der Waals surface area contributed by atoms with Crippen molar-refractivity contribution in [1.82, 2.24) is 0 Å². The van der Waals surface area contributed by atoms with E-state index in [1.165, 1.54) is 18.2 Å². The molecule has 106 valence electrons. The Hall–Kier alpha value is -2.64. The Bertz CT molecular complexity index is 729. The zero-order valence-electron chi connectivity index (χ0n) is 11.5. The maximum Gasteiger partial charge on any atom is 0.255 e. The third-order valence-electron chi connectivity index (χ3n) is 2.92.